The molecule has 2 saturated heterocycles. The summed E-state index contributed by atoms with van der Waals surface area (Å²) in [5.74, 6) is -0.140. The molecule has 3 aromatic rings. The SMILES string of the molecule is CCCC1(C2CCN(C(=O)c3ccc4cc[nH]c4c3)CC2)NC(=O)N(CCc2ccccn2)C1=O. The van der Waals surface area contributed by atoms with Crippen molar-refractivity contribution in [2.75, 3.05) is 19.6 Å². The van der Waals surface area contributed by atoms with Crippen LogP contribution in [0, 0.1) is 5.92 Å². The Labute approximate surface area is 204 Å². The van der Waals surface area contributed by atoms with Crippen molar-refractivity contribution < 1.29 is 14.4 Å². The molecule has 1 atom stereocenters. The highest BCUT2D eigenvalue weighted by molar-refractivity contribution is 6.07. The number of piperidine rings is 1. The second-order valence-corrected chi connectivity index (χ2v) is 9.53. The number of hydrogen-bond donors (Lipinski definition) is 2. The number of aromatic amines is 1. The van der Waals surface area contributed by atoms with Gasteiger partial charge in [0, 0.05) is 55.2 Å². The molecular weight excluding hydrogens is 442 g/mol. The highest BCUT2D eigenvalue weighted by Crippen LogP contribution is 2.37. The number of hydrogen-bond acceptors (Lipinski definition) is 4. The number of rotatable bonds is 7. The molecule has 2 fully saturated rings. The van der Waals surface area contributed by atoms with Gasteiger partial charge in [-0.3, -0.25) is 19.5 Å². The zero-order chi connectivity index (χ0) is 24.4. The molecular formula is C27H31N5O3. The number of pyridine rings is 1. The first kappa shape index (κ1) is 23.1. The largest absolute Gasteiger partial charge is 0.361 e. The lowest BCUT2D eigenvalue weighted by atomic mass is 9.74. The van der Waals surface area contributed by atoms with E-state index in [1.54, 1.807) is 6.20 Å². The van der Waals surface area contributed by atoms with Crippen molar-refractivity contribution in [2.24, 2.45) is 5.92 Å². The topological polar surface area (TPSA) is 98.4 Å². The van der Waals surface area contributed by atoms with E-state index in [9.17, 15) is 14.4 Å². The second kappa shape index (κ2) is 9.52. The molecule has 2 aromatic heterocycles. The molecule has 4 amide bonds. The first-order chi connectivity index (χ1) is 17.0. The lowest BCUT2D eigenvalue weighted by Gasteiger charge is -2.41. The molecule has 1 unspecified atom stereocenters. The van der Waals surface area contributed by atoms with Gasteiger partial charge in [-0.25, -0.2) is 4.79 Å². The summed E-state index contributed by atoms with van der Waals surface area (Å²) in [5.41, 5.74) is 1.56. The molecule has 35 heavy (non-hydrogen) atoms. The predicted molar refractivity (Wildman–Crippen MR) is 133 cm³/mol. The second-order valence-electron chi connectivity index (χ2n) is 9.53. The molecule has 4 heterocycles. The third-order valence-corrected chi connectivity index (χ3v) is 7.45. The molecule has 8 heteroatoms. The number of nitrogens with zero attached hydrogens (tertiary/aromatic N) is 3. The van der Waals surface area contributed by atoms with Gasteiger partial charge in [0.05, 0.1) is 0 Å². The third-order valence-electron chi connectivity index (χ3n) is 7.45. The summed E-state index contributed by atoms with van der Waals surface area (Å²) in [5, 5.41) is 4.15. The number of urea groups is 1. The van der Waals surface area contributed by atoms with Gasteiger partial charge < -0.3 is 15.2 Å². The number of fused-ring (bicyclic) bond motifs is 1. The lowest BCUT2D eigenvalue weighted by Crippen LogP contribution is -2.56. The number of nitrogens with one attached hydrogen (secondary N) is 2. The highest BCUT2D eigenvalue weighted by atomic mass is 16.2. The zero-order valence-electron chi connectivity index (χ0n) is 20.0. The van der Waals surface area contributed by atoms with Crippen molar-refractivity contribution in [1.82, 2.24) is 25.1 Å². The summed E-state index contributed by atoms with van der Waals surface area (Å²) in [7, 11) is 0. The molecule has 2 aliphatic rings. The summed E-state index contributed by atoms with van der Waals surface area (Å²) in [4.78, 5) is 50.3. The summed E-state index contributed by atoms with van der Waals surface area (Å²) in [6.45, 7) is 3.47. The van der Waals surface area contributed by atoms with E-state index in [0.717, 1.165) is 23.0 Å². The number of imide groups is 1. The first-order valence-corrected chi connectivity index (χ1v) is 12.4. The van der Waals surface area contributed by atoms with Crippen LogP contribution in [0.25, 0.3) is 10.9 Å². The van der Waals surface area contributed by atoms with Gasteiger partial charge in [-0.2, -0.15) is 0 Å². The summed E-state index contributed by atoms with van der Waals surface area (Å²) in [6, 6.07) is 13.0. The minimum Gasteiger partial charge on any atom is -0.361 e. The van der Waals surface area contributed by atoms with Crippen LogP contribution in [0.4, 0.5) is 4.79 Å². The quantitative estimate of drug-likeness (QED) is 0.511. The molecule has 0 saturated carbocycles. The minimum absolute atomic E-state index is 0.00302. The van der Waals surface area contributed by atoms with Gasteiger partial charge in [-0.05, 0) is 60.9 Å². The van der Waals surface area contributed by atoms with E-state index in [1.165, 1.54) is 4.90 Å². The normalized spacial score (nSPS) is 21.1. The molecule has 182 valence electrons. The van der Waals surface area contributed by atoms with E-state index in [1.807, 2.05) is 60.5 Å². The van der Waals surface area contributed by atoms with Crippen LogP contribution in [0.1, 0.15) is 48.7 Å². The molecule has 8 nitrogen and oxygen atoms in total. The van der Waals surface area contributed by atoms with Crippen LogP contribution < -0.4 is 5.32 Å². The van der Waals surface area contributed by atoms with Crippen LogP contribution in [0.3, 0.4) is 0 Å². The van der Waals surface area contributed by atoms with Crippen molar-refractivity contribution in [3.05, 3.63) is 66.1 Å². The molecule has 0 spiro atoms. The number of aromatic nitrogens is 2. The van der Waals surface area contributed by atoms with Crippen LogP contribution in [0.5, 0.6) is 0 Å². The third kappa shape index (κ3) is 4.29. The Morgan fingerprint density at radius 3 is 2.71 bits per heavy atom. The lowest BCUT2D eigenvalue weighted by molar-refractivity contribution is -0.134. The number of amides is 4. The molecule has 0 bridgehead atoms. The number of H-pyrrole nitrogens is 1. The van der Waals surface area contributed by atoms with Crippen LogP contribution in [0.2, 0.25) is 0 Å². The molecule has 2 aliphatic heterocycles. The first-order valence-electron chi connectivity index (χ1n) is 12.4. The van der Waals surface area contributed by atoms with E-state index in [0.29, 0.717) is 50.9 Å². The Morgan fingerprint density at radius 1 is 1.14 bits per heavy atom. The Hall–Kier alpha value is -3.68. The highest BCUT2D eigenvalue weighted by Gasteiger charge is 2.55. The van der Waals surface area contributed by atoms with Crippen molar-refractivity contribution >= 4 is 28.7 Å². The fourth-order valence-electron chi connectivity index (χ4n) is 5.60. The Bertz CT molecular complexity index is 1230. The van der Waals surface area contributed by atoms with Crippen molar-refractivity contribution in [2.45, 2.75) is 44.6 Å². The van der Waals surface area contributed by atoms with Gasteiger partial charge in [-0.1, -0.05) is 25.5 Å². The van der Waals surface area contributed by atoms with Gasteiger partial charge >= 0.3 is 6.03 Å². The monoisotopic (exact) mass is 473 g/mol. The maximum Gasteiger partial charge on any atom is 0.325 e. The predicted octanol–water partition coefficient (Wildman–Crippen LogP) is 3.75. The molecule has 0 radical (unpaired) electrons. The van der Waals surface area contributed by atoms with Gasteiger partial charge in [0.15, 0.2) is 0 Å². The van der Waals surface area contributed by atoms with E-state index in [-0.39, 0.29) is 23.8 Å². The van der Waals surface area contributed by atoms with Crippen molar-refractivity contribution in [3.8, 4) is 0 Å². The Balaban J connectivity index is 1.27. The molecule has 1 aromatic carbocycles. The zero-order valence-corrected chi connectivity index (χ0v) is 20.0. The average molecular weight is 474 g/mol. The van der Waals surface area contributed by atoms with Crippen LogP contribution >= 0.6 is 0 Å². The van der Waals surface area contributed by atoms with Crippen LogP contribution in [0.15, 0.2) is 54.9 Å². The minimum atomic E-state index is -0.895. The van der Waals surface area contributed by atoms with E-state index < -0.39 is 5.54 Å². The maximum absolute atomic E-state index is 13.6. The summed E-state index contributed by atoms with van der Waals surface area (Å²) < 4.78 is 0. The van der Waals surface area contributed by atoms with Crippen molar-refractivity contribution in [3.63, 3.8) is 0 Å². The van der Waals surface area contributed by atoms with Crippen LogP contribution in [-0.2, 0) is 11.2 Å². The van der Waals surface area contributed by atoms with Gasteiger partial charge in [0.25, 0.3) is 11.8 Å². The van der Waals surface area contributed by atoms with Crippen molar-refractivity contribution in [1.29, 1.82) is 0 Å². The average Bonchev–Trinajstić information content (AvgIpc) is 3.45. The molecule has 0 aliphatic carbocycles. The van der Waals surface area contributed by atoms with Gasteiger partial charge in [0.1, 0.15) is 5.54 Å². The fourth-order valence-corrected chi connectivity index (χ4v) is 5.60. The number of carbonyl (C=O) groups excluding carboxylic acids is 3. The molecule has 2 N–H and O–H groups in total. The fraction of sp³-hybridized carbons (Fsp3) is 0.407. The maximum atomic E-state index is 13.6. The van der Waals surface area contributed by atoms with E-state index >= 15 is 0 Å². The number of benzene rings is 1. The van der Waals surface area contributed by atoms with Crippen LogP contribution in [-0.4, -0.2) is 62.8 Å². The Morgan fingerprint density at radius 2 is 1.97 bits per heavy atom. The summed E-state index contributed by atoms with van der Waals surface area (Å²) >= 11 is 0. The van der Waals surface area contributed by atoms with Gasteiger partial charge in [0.2, 0.25) is 0 Å². The molecule has 5 rings (SSSR count). The van der Waals surface area contributed by atoms with Gasteiger partial charge in [-0.15, -0.1) is 0 Å². The number of likely N-dealkylation sites (tertiary alicyclic amines) is 1. The Kier molecular flexibility index (Phi) is 6.28. The standard InChI is InChI=1S/C27H31N5O3/c1-2-12-27(25(34)32(26(35)30-27)17-11-22-5-3-4-13-28-22)21-9-15-31(16-10-21)24(33)20-7-6-19-8-14-29-23(19)18-20/h3-8,13-14,18,21,29H,2,9-12,15-17H2,1H3,(H,30,35). The smallest absolute Gasteiger partial charge is 0.325 e. The van der Waals surface area contributed by atoms with E-state index in [4.69, 9.17) is 0 Å². The number of carbonyl (C=O) groups is 3. The van der Waals surface area contributed by atoms with E-state index in [2.05, 4.69) is 15.3 Å². The summed E-state index contributed by atoms with van der Waals surface area (Å²) in [6.07, 6.45) is 6.85.